The molecular formula is C19H26FN3O4S. The first-order chi connectivity index (χ1) is 13.1. The monoisotopic (exact) mass is 411 g/mol. The number of ether oxygens (including phenoxy) is 3. The lowest BCUT2D eigenvalue weighted by molar-refractivity contribution is 0.0240. The summed E-state index contributed by atoms with van der Waals surface area (Å²) >= 11 is 1.38. The molecular weight excluding hydrogens is 385 g/mol. The summed E-state index contributed by atoms with van der Waals surface area (Å²) in [6.07, 6.45) is -0.835. The number of benzene rings is 1. The minimum atomic E-state index is -0.988. The van der Waals surface area contributed by atoms with Gasteiger partial charge in [-0.15, -0.1) is 0 Å². The van der Waals surface area contributed by atoms with Crippen molar-refractivity contribution in [3.8, 4) is 0 Å². The van der Waals surface area contributed by atoms with Crippen LogP contribution in [0.2, 0.25) is 0 Å². The summed E-state index contributed by atoms with van der Waals surface area (Å²) in [5.41, 5.74) is 5.09. The molecule has 1 fully saturated rings. The van der Waals surface area contributed by atoms with Gasteiger partial charge < -0.3 is 19.9 Å². The number of halogens is 1. The van der Waals surface area contributed by atoms with Crippen LogP contribution in [-0.2, 0) is 19.7 Å². The number of methoxy groups -OCH3 is 1. The third-order valence-electron chi connectivity index (χ3n) is 4.68. The molecule has 1 aromatic carbocycles. The minimum absolute atomic E-state index is 0.127. The van der Waals surface area contributed by atoms with E-state index in [0.29, 0.717) is 28.8 Å². The van der Waals surface area contributed by atoms with E-state index in [1.807, 2.05) is 0 Å². The maximum absolute atomic E-state index is 14.8. The van der Waals surface area contributed by atoms with E-state index in [0.717, 1.165) is 0 Å². The zero-order valence-electron chi connectivity index (χ0n) is 16.5. The van der Waals surface area contributed by atoms with Gasteiger partial charge in [0.1, 0.15) is 17.0 Å². The predicted octanol–water partition coefficient (Wildman–Crippen LogP) is 2.89. The number of fused-ring (bicyclic) bond motifs is 1. The molecule has 0 aliphatic carbocycles. The summed E-state index contributed by atoms with van der Waals surface area (Å²) in [5, 5.41) is 3.04. The molecule has 0 spiro atoms. The molecule has 1 amide bonds. The minimum Gasteiger partial charge on any atom is -0.444 e. The fraction of sp³-hybridized carbons (Fsp3) is 0.579. The average molecular weight is 411 g/mol. The Hall–Kier alpha value is -1.84. The van der Waals surface area contributed by atoms with Crippen molar-refractivity contribution in [2.24, 2.45) is 10.9 Å². The van der Waals surface area contributed by atoms with Gasteiger partial charge in [-0.3, -0.25) is 5.32 Å². The summed E-state index contributed by atoms with van der Waals surface area (Å²) in [7, 11) is 1.60. The van der Waals surface area contributed by atoms with Crippen molar-refractivity contribution in [1.29, 1.82) is 0 Å². The molecule has 7 nitrogen and oxygen atoms in total. The lowest BCUT2D eigenvalue weighted by Gasteiger charge is -2.36. The standard InChI is InChI=1S/C19H26FN3O4S/c1-18(2,3)27-17(24)22-16-23-19(12-7-11(21)5-6-14(12)20)10-26-15(8-25-4)13(19)9-28-16/h5-7,13,15H,8-10,21H2,1-4H3,(H,22,23,24)/t13-,15-,19-/m1/s1. The largest absolute Gasteiger partial charge is 0.444 e. The number of carbonyl (C=O) groups is 1. The van der Waals surface area contributed by atoms with Crippen LogP contribution in [0.5, 0.6) is 0 Å². The molecule has 2 heterocycles. The van der Waals surface area contributed by atoms with Crippen molar-refractivity contribution in [1.82, 2.24) is 5.32 Å². The molecule has 3 rings (SSSR count). The molecule has 0 radical (unpaired) electrons. The van der Waals surface area contributed by atoms with Gasteiger partial charge in [-0.2, -0.15) is 0 Å². The Morgan fingerprint density at radius 1 is 1.50 bits per heavy atom. The summed E-state index contributed by atoms with van der Waals surface area (Å²) in [6, 6.07) is 4.43. The number of rotatable bonds is 3. The van der Waals surface area contributed by atoms with Gasteiger partial charge in [0.2, 0.25) is 0 Å². The summed E-state index contributed by atoms with van der Waals surface area (Å²) in [4.78, 5) is 16.9. The molecule has 2 aliphatic heterocycles. The number of amidine groups is 1. The van der Waals surface area contributed by atoms with Gasteiger partial charge in [0.15, 0.2) is 5.17 Å². The molecule has 2 aliphatic rings. The smallest absolute Gasteiger partial charge is 0.413 e. The lowest BCUT2D eigenvalue weighted by Crippen LogP contribution is -2.45. The van der Waals surface area contributed by atoms with Crippen LogP contribution < -0.4 is 11.1 Å². The van der Waals surface area contributed by atoms with E-state index in [1.165, 1.54) is 23.9 Å². The second-order valence-corrected chi connectivity index (χ2v) is 8.94. The molecule has 28 heavy (non-hydrogen) atoms. The number of hydrogen-bond acceptors (Lipinski definition) is 7. The van der Waals surface area contributed by atoms with Gasteiger partial charge in [0.25, 0.3) is 0 Å². The SMILES string of the molecule is COC[C@H]1OC[C@]2(c3cc(N)ccc3F)N=C(NC(=O)OC(C)(C)C)SC[C@H]12. The molecule has 3 N–H and O–H groups in total. The maximum Gasteiger partial charge on any atom is 0.413 e. The van der Waals surface area contributed by atoms with Gasteiger partial charge in [0, 0.05) is 30.0 Å². The predicted molar refractivity (Wildman–Crippen MR) is 107 cm³/mol. The van der Waals surface area contributed by atoms with Crippen LogP contribution in [0, 0.1) is 11.7 Å². The number of alkyl carbamates (subject to hydrolysis) is 1. The normalized spacial score (nSPS) is 27.1. The lowest BCUT2D eigenvalue weighted by atomic mass is 9.78. The summed E-state index contributed by atoms with van der Waals surface area (Å²) < 4.78 is 31.3. The van der Waals surface area contributed by atoms with Crippen molar-refractivity contribution in [2.75, 3.05) is 31.8 Å². The Labute approximate surface area is 168 Å². The number of nitrogens with zero attached hydrogens (tertiary/aromatic N) is 1. The molecule has 154 valence electrons. The first-order valence-electron chi connectivity index (χ1n) is 9.03. The Bertz CT molecular complexity index is 783. The average Bonchev–Trinajstić information content (AvgIpc) is 2.94. The van der Waals surface area contributed by atoms with Gasteiger partial charge in [-0.1, -0.05) is 11.8 Å². The first kappa shape index (κ1) is 20.9. The van der Waals surface area contributed by atoms with Gasteiger partial charge in [-0.05, 0) is 39.0 Å². The summed E-state index contributed by atoms with van der Waals surface area (Å²) in [5.74, 6) is 0.0442. The molecule has 0 saturated carbocycles. The van der Waals surface area contributed by atoms with Gasteiger partial charge in [-0.25, -0.2) is 14.2 Å². The Morgan fingerprint density at radius 3 is 2.93 bits per heavy atom. The van der Waals surface area contributed by atoms with E-state index < -0.39 is 23.1 Å². The molecule has 9 heteroatoms. The van der Waals surface area contributed by atoms with E-state index >= 15 is 0 Å². The number of nitrogen functional groups attached to an aromatic ring is 1. The second kappa shape index (κ2) is 7.88. The van der Waals surface area contributed by atoms with Crippen LogP contribution in [0.1, 0.15) is 26.3 Å². The number of nitrogens with one attached hydrogen (secondary N) is 1. The molecule has 0 aromatic heterocycles. The van der Waals surface area contributed by atoms with Crippen molar-refractivity contribution < 1.29 is 23.4 Å². The quantitative estimate of drug-likeness (QED) is 0.743. The van der Waals surface area contributed by atoms with E-state index in [2.05, 4.69) is 5.32 Å². The highest BCUT2D eigenvalue weighted by Gasteiger charge is 2.54. The highest BCUT2D eigenvalue weighted by atomic mass is 32.2. The second-order valence-electron chi connectivity index (χ2n) is 7.93. The zero-order chi connectivity index (χ0) is 20.5. The first-order valence-corrected chi connectivity index (χ1v) is 10.0. The van der Waals surface area contributed by atoms with E-state index in [9.17, 15) is 9.18 Å². The van der Waals surface area contributed by atoms with E-state index in [1.54, 1.807) is 33.9 Å². The van der Waals surface area contributed by atoms with Crippen LogP contribution in [-0.4, -0.2) is 49.0 Å². The number of amides is 1. The zero-order valence-corrected chi connectivity index (χ0v) is 17.3. The maximum atomic E-state index is 14.8. The number of hydrogen-bond donors (Lipinski definition) is 2. The van der Waals surface area contributed by atoms with Crippen LogP contribution in [0.4, 0.5) is 14.9 Å². The third-order valence-corrected chi connectivity index (χ3v) is 5.67. The molecule has 1 aromatic rings. The highest BCUT2D eigenvalue weighted by molar-refractivity contribution is 8.13. The van der Waals surface area contributed by atoms with Crippen molar-refractivity contribution in [3.63, 3.8) is 0 Å². The molecule has 0 unspecified atom stereocenters. The van der Waals surface area contributed by atoms with Crippen molar-refractivity contribution in [3.05, 3.63) is 29.6 Å². The van der Waals surface area contributed by atoms with Gasteiger partial charge in [0.05, 0.1) is 19.3 Å². The Kier molecular flexibility index (Phi) is 5.88. The molecule has 0 bridgehead atoms. The number of thioether (sulfide) groups is 1. The summed E-state index contributed by atoms with van der Waals surface area (Å²) in [6.45, 7) is 5.89. The van der Waals surface area contributed by atoms with Gasteiger partial charge >= 0.3 is 6.09 Å². The van der Waals surface area contributed by atoms with Crippen LogP contribution >= 0.6 is 11.8 Å². The highest BCUT2D eigenvalue weighted by Crippen LogP contribution is 2.48. The molecule has 3 atom stereocenters. The van der Waals surface area contributed by atoms with E-state index in [4.69, 9.17) is 24.9 Å². The Morgan fingerprint density at radius 2 is 2.25 bits per heavy atom. The van der Waals surface area contributed by atoms with Crippen molar-refractivity contribution in [2.45, 2.75) is 38.0 Å². The molecule has 1 saturated heterocycles. The van der Waals surface area contributed by atoms with E-state index in [-0.39, 0.29) is 18.6 Å². The van der Waals surface area contributed by atoms with Crippen LogP contribution in [0.15, 0.2) is 23.2 Å². The number of nitrogens with two attached hydrogens (primary N) is 1. The number of aliphatic imine (C=N–C) groups is 1. The fourth-order valence-corrected chi connectivity index (χ4v) is 4.71. The van der Waals surface area contributed by atoms with Crippen molar-refractivity contribution >= 4 is 28.7 Å². The fourth-order valence-electron chi connectivity index (χ4n) is 3.50. The topological polar surface area (TPSA) is 95.2 Å². The van der Waals surface area contributed by atoms with Crippen LogP contribution in [0.25, 0.3) is 0 Å². The Balaban J connectivity index is 1.97. The number of carbonyl (C=O) groups excluding carboxylic acids is 1. The van der Waals surface area contributed by atoms with Crippen LogP contribution in [0.3, 0.4) is 0 Å². The third kappa shape index (κ3) is 4.26. The number of anilines is 1.